The van der Waals surface area contributed by atoms with Gasteiger partial charge in [-0.05, 0) is 18.9 Å². The number of nitrogens with one attached hydrogen (secondary N) is 1. The van der Waals surface area contributed by atoms with Crippen LogP contribution < -0.4 is 4.89 Å². The fourth-order valence-corrected chi connectivity index (χ4v) is 0.802. The van der Waals surface area contributed by atoms with Gasteiger partial charge in [0.1, 0.15) is 5.76 Å². The first-order valence-corrected chi connectivity index (χ1v) is 2.87. The quantitative estimate of drug-likeness (QED) is 0.521. The second-order valence-corrected chi connectivity index (χ2v) is 1.78. The topological polar surface area (TPSA) is 21.3 Å². The van der Waals surface area contributed by atoms with Crippen LogP contribution in [0.25, 0.3) is 0 Å². The maximum absolute atomic E-state index is 4.81. The molecule has 1 aliphatic heterocycles. The van der Waals surface area contributed by atoms with E-state index in [-0.39, 0.29) is 0 Å². The molecule has 1 N–H and O–H groups in total. The third kappa shape index (κ3) is 1.11. The third-order valence-corrected chi connectivity index (χ3v) is 1.22. The molecule has 0 saturated carbocycles. The van der Waals surface area contributed by atoms with E-state index in [1.54, 1.807) is 0 Å². The lowest BCUT2D eigenvalue weighted by Gasteiger charge is -1.93. The first-order chi connectivity index (χ1) is 3.43. The van der Waals surface area contributed by atoms with Gasteiger partial charge in [-0.3, -0.25) is 0 Å². The van der Waals surface area contributed by atoms with Gasteiger partial charge < -0.3 is 4.84 Å². The van der Waals surface area contributed by atoms with E-state index in [9.17, 15) is 0 Å². The minimum Gasteiger partial charge on any atom is -0.402 e. The highest BCUT2D eigenvalue weighted by molar-refractivity contribution is 8.00. The highest BCUT2D eigenvalue weighted by atomic mass is 32.2. The van der Waals surface area contributed by atoms with Gasteiger partial charge in [0.05, 0.1) is 0 Å². The van der Waals surface area contributed by atoms with Crippen LogP contribution >= 0.6 is 11.9 Å². The average molecular weight is 116 g/mol. The van der Waals surface area contributed by atoms with Gasteiger partial charge in [-0.1, -0.05) is 4.89 Å². The molecule has 0 aromatic rings. The number of rotatable bonds is 1. The van der Waals surface area contributed by atoms with Gasteiger partial charge in [0.2, 0.25) is 0 Å². The average Bonchev–Trinajstić information content (AvgIpc) is 2.14. The molecule has 39 valence electrons. The molecule has 0 aromatic carbocycles. The van der Waals surface area contributed by atoms with Gasteiger partial charge in [0.25, 0.3) is 0 Å². The van der Waals surface area contributed by atoms with Crippen molar-refractivity contribution in [3.8, 4) is 0 Å². The number of allylic oxidation sites excluding steroid dienone is 1. The van der Waals surface area contributed by atoms with Crippen molar-refractivity contribution in [2.24, 2.45) is 0 Å². The molecule has 1 heterocycles. The molecule has 0 bridgehead atoms. The first-order valence-electron chi connectivity index (χ1n) is 1.99. The summed E-state index contributed by atoms with van der Waals surface area (Å²) in [5.74, 6) is 0.907. The molecule has 0 saturated heterocycles. The monoisotopic (exact) mass is 116 g/mol. The second kappa shape index (κ2) is 2.23. The van der Waals surface area contributed by atoms with Crippen LogP contribution in [-0.4, -0.2) is 0 Å². The molecule has 0 fully saturated rings. The lowest BCUT2D eigenvalue weighted by molar-refractivity contribution is 0.183. The van der Waals surface area contributed by atoms with Crippen LogP contribution in [0.2, 0.25) is 0 Å². The molecule has 0 aliphatic carbocycles. The van der Waals surface area contributed by atoms with Gasteiger partial charge in [-0.2, -0.15) is 0 Å². The standard InChI is InChI=1S/C4H6NOS/c1-2-4-3-7-5-6-4/h3,5H,1-2H2. The van der Waals surface area contributed by atoms with Crippen molar-refractivity contribution in [1.29, 1.82) is 0 Å². The second-order valence-electron chi connectivity index (χ2n) is 1.14. The molecule has 1 aliphatic rings. The fourth-order valence-electron chi connectivity index (χ4n) is 0.301. The van der Waals surface area contributed by atoms with Crippen molar-refractivity contribution in [3.05, 3.63) is 18.1 Å². The van der Waals surface area contributed by atoms with Crippen LogP contribution in [0.5, 0.6) is 0 Å². The minimum atomic E-state index is 0.722. The number of hydrogen-bond donors (Lipinski definition) is 1. The van der Waals surface area contributed by atoms with Gasteiger partial charge in [-0.15, -0.1) is 0 Å². The maximum atomic E-state index is 4.81. The van der Waals surface area contributed by atoms with E-state index < -0.39 is 0 Å². The number of hydrogen-bond acceptors (Lipinski definition) is 3. The lowest BCUT2D eigenvalue weighted by Crippen LogP contribution is -1.94. The van der Waals surface area contributed by atoms with Crippen LogP contribution in [-0.2, 0) is 4.84 Å². The third-order valence-electron chi connectivity index (χ3n) is 0.658. The van der Waals surface area contributed by atoms with E-state index in [1.807, 2.05) is 5.41 Å². The Bertz CT molecular complexity index is 91.7. The molecule has 2 nitrogen and oxygen atoms in total. The van der Waals surface area contributed by atoms with Gasteiger partial charge in [-0.25, -0.2) is 0 Å². The summed E-state index contributed by atoms with van der Waals surface area (Å²) in [6.07, 6.45) is 0.722. The van der Waals surface area contributed by atoms with E-state index in [0.717, 1.165) is 12.2 Å². The Hall–Kier alpha value is -0.150. The van der Waals surface area contributed by atoms with Crippen LogP contribution in [0.4, 0.5) is 0 Å². The largest absolute Gasteiger partial charge is 0.402 e. The smallest absolute Gasteiger partial charge is 0.133 e. The molecule has 0 atom stereocenters. The zero-order valence-corrected chi connectivity index (χ0v) is 4.62. The molecule has 0 aromatic heterocycles. The summed E-state index contributed by atoms with van der Waals surface area (Å²) in [7, 11) is 0. The zero-order valence-electron chi connectivity index (χ0n) is 3.81. The Balaban J connectivity index is 2.36. The molecule has 1 radical (unpaired) electrons. The Kier molecular flexibility index (Phi) is 1.59. The summed E-state index contributed by atoms with van der Waals surface area (Å²) in [6.45, 7) is 3.62. The van der Waals surface area contributed by atoms with Gasteiger partial charge >= 0.3 is 0 Å². The molecule has 3 heteroatoms. The molecule has 0 spiro atoms. The summed E-state index contributed by atoms with van der Waals surface area (Å²) >= 11 is 1.43. The summed E-state index contributed by atoms with van der Waals surface area (Å²) in [5.41, 5.74) is 0. The predicted molar refractivity (Wildman–Crippen MR) is 29.9 cm³/mol. The Morgan fingerprint density at radius 3 is 3.14 bits per heavy atom. The normalized spacial score (nSPS) is 18.7. The summed E-state index contributed by atoms with van der Waals surface area (Å²) < 4.78 is 0. The molecule has 1 rings (SSSR count). The van der Waals surface area contributed by atoms with Crippen LogP contribution in [0, 0.1) is 6.92 Å². The zero-order chi connectivity index (χ0) is 5.11. The van der Waals surface area contributed by atoms with E-state index in [2.05, 4.69) is 11.8 Å². The van der Waals surface area contributed by atoms with Crippen molar-refractivity contribution in [2.45, 2.75) is 6.42 Å². The van der Waals surface area contributed by atoms with E-state index >= 15 is 0 Å². The Morgan fingerprint density at radius 2 is 2.86 bits per heavy atom. The van der Waals surface area contributed by atoms with Crippen molar-refractivity contribution in [1.82, 2.24) is 4.89 Å². The van der Waals surface area contributed by atoms with Crippen LogP contribution in [0.1, 0.15) is 6.42 Å². The molecular weight excluding hydrogens is 110 g/mol. The van der Waals surface area contributed by atoms with Crippen LogP contribution in [0.15, 0.2) is 11.2 Å². The highest BCUT2D eigenvalue weighted by Gasteiger charge is 2.00. The molecular formula is C4H6NOS. The van der Waals surface area contributed by atoms with E-state index in [0.29, 0.717) is 0 Å². The van der Waals surface area contributed by atoms with Crippen molar-refractivity contribution in [2.75, 3.05) is 0 Å². The lowest BCUT2D eigenvalue weighted by atomic mass is 10.4. The SMILES string of the molecule is [CH2]CC1=CSNO1. The summed E-state index contributed by atoms with van der Waals surface area (Å²) in [5, 5.41) is 1.90. The predicted octanol–water partition coefficient (Wildman–Crippen LogP) is 1.23. The maximum Gasteiger partial charge on any atom is 0.133 e. The fraction of sp³-hybridized carbons (Fsp3) is 0.250. The van der Waals surface area contributed by atoms with Crippen molar-refractivity contribution in [3.63, 3.8) is 0 Å². The first kappa shape index (κ1) is 5.00. The van der Waals surface area contributed by atoms with Crippen molar-refractivity contribution < 1.29 is 4.84 Å². The highest BCUT2D eigenvalue weighted by Crippen LogP contribution is 2.14. The summed E-state index contributed by atoms with van der Waals surface area (Å²) in [6, 6.07) is 0. The van der Waals surface area contributed by atoms with Gasteiger partial charge in [0, 0.05) is 11.8 Å². The Labute approximate surface area is 47.0 Å². The molecule has 0 unspecified atom stereocenters. The summed E-state index contributed by atoms with van der Waals surface area (Å²) in [4.78, 5) is 7.42. The van der Waals surface area contributed by atoms with E-state index in [1.165, 1.54) is 11.9 Å². The van der Waals surface area contributed by atoms with Crippen LogP contribution in [0.3, 0.4) is 0 Å². The minimum absolute atomic E-state index is 0.722. The molecule has 7 heavy (non-hydrogen) atoms. The van der Waals surface area contributed by atoms with E-state index in [4.69, 9.17) is 4.84 Å². The van der Waals surface area contributed by atoms with Gasteiger partial charge in [0.15, 0.2) is 0 Å². The van der Waals surface area contributed by atoms with Crippen molar-refractivity contribution >= 4 is 11.9 Å². The Morgan fingerprint density at radius 1 is 2.00 bits per heavy atom. The molecule has 0 amide bonds.